The van der Waals surface area contributed by atoms with Crippen LogP contribution in [0, 0.1) is 6.92 Å². The van der Waals surface area contributed by atoms with E-state index in [4.69, 9.17) is 11.6 Å². The summed E-state index contributed by atoms with van der Waals surface area (Å²) in [5.41, 5.74) is 2.14. The van der Waals surface area contributed by atoms with Crippen LogP contribution in [-0.2, 0) is 6.54 Å². The van der Waals surface area contributed by atoms with Crippen molar-refractivity contribution in [1.82, 2.24) is 9.55 Å². The third-order valence-corrected chi connectivity index (χ3v) is 2.45. The molecule has 2 nitrogen and oxygen atoms in total. The van der Waals surface area contributed by atoms with E-state index in [-0.39, 0.29) is 0 Å². The summed E-state index contributed by atoms with van der Waals surface area (Å²) in [6.07, 6.45) is 0. The first-order chi connectivity index (χ1) is 6.22. The zero-order valence-corrected chi connectivity index (χ0v) is 8.47. The highest BCUT2D eigenvalue weighted by Gasteiger charge is 2.04. The highest BCUT2D eigenvalue weighted by atomic mass is 35.5. The number of fused-ring (bicyclic) bond motifs is 1. The number of hydrogen-bond acceptors (Lipinski definition) is 1. The molecule has 68 valence electrons. The molecule has 0 aliphatic heterocycles. The molecule has 0 unspecified atom stereocenters. The number of rotatable bonds is 1. The Kier molecular flexibility index (Phi) is 2.00. The monoisotopic (exact) mass is 194 g/mol. The van der Waals surface area contributed by atoms with E-state index in [2.05, 4.69) is 16.5 Å². The van der Waals surface area contributed by atoms with Crippen LogP contribution < -0.4 is 0 Å². The van der Waals surface area contributed by atoms with Gasteiger partial charge < -0.3 is 4.57 Å². The van der Waals surface area contributed by atoms with Gasteiger partial charge in [0.25, 0.3) is 0 Å². The van der Waals surface area contributed by atoms with E-state index in [1.54, 1.807) is 0 Å². The maximum Gasteiger partial charge on any atom is 0.106 e. The first kappa shape index (κ1) is 8.57. The molecule has 0 saturated heterocycles. The second-order valence-corrected chi connectivity index (χ2v) is 3.47. The van der Waals surface area contributed by atoms with Gasteiger partial charge in [0, 0.05) is 11.6 Å². The molecule has 0 atom stereocenters. The van der Waals surface area contributed by atoms with Crippen molar-refractivity contribution in [2.75, 3.05) is 0 Å². The summed E-state index contributed by atoms with van der Waals surface area (Å²) >= 11 is 5.87. The first-order valence-electron chi connectivity index (χ1n) is 4.34. The van der Waals surface area contributed by atoms with Crippen molar-refractivity contribution in [3.8, 4) is 0 Å². The van der Waals surface area contributed by atoms with Gasteiger partial charge in [0.15, 0.2) is 0 Å². The van der Waals surface area contributed by atoms with Crippen molar-refractivity contribution < 1.29 is 0 Å². The van der Waals surface area contributed by atoms with E-state index in [0.29, 0.717) is 0 Å². The van der Waals surface area contributed by atoms with Crippen LogP contribution in [0.25, 0.3) is 11.0 Å². The van der Waals surface area contributed by atoms with Crippen molar-refractivity contribution in [2.24, 2.45) is 0 Å². The molecular formula is C10H11ClN2. The Balaban J connectivity index is 2.79. The van der Waals surface area contributed by atoms with Crippen LogP contribution in [0.15, 0.2) is 18.2 Å². The molecule has 0 N–H and O–H groups in total. The zero-order valence-electron chi connectivity index (χ0n) is 7.71. The van der Waals surface area contributed by atoms with E-state index in [9.17, 15) is 0 Å². The number of hydrogen-bond donors (Lipinski definition) is 0. The van der Waals surface area contributed by atoms with Crippen LogP contribution >= 0.6 is 11.6 Å². The van der Waals surface area contributed by atoms with Gasteiger partial charge in [-0.2, -0.15) is 0 Å². The Morgan fingerprint density at radius 1 is 1.46 bits per heavy atom. The summed E-state index contributed by atoms with van der Waals surface area (Å²) in [6, 6.07) is 5.81. The standard InChI is InChI=1S/C10H11ClN2/c1-3-13-7(2)12-9-6-8(11)4-5-10(9)13/h4-6H,3H2,1-2H3. The molecule has 1 heterocycles. The normalized spacial score (nSPS) is 11.0. The quantitative estimate of drug-likeness (QED) is 0.683. The van der Waals surface area contributed by atoms with E-state index < -0.39 is 0 Å². The molecule has 0 amide bonds. The minimum Gasteiger partial charge on any atom is -0.329 e. The minimum atomic E-state index is 0.744. The predicted octanol–water partition coefficient (Wildman–Crippen LogP) is 3.02. The number of aryl methyl sites for hydroxylation is 2. The lowest BCUT2D eigenvalue weighted by atomic mass is 10.3. The molecule has 0 bridgehead atoms. The molecule has 0 aliphatic rings. The lowest BCUT2D eigenvalue weighted by molar-refractivity contribution is 0.753. The van der Waals surface area contributed by atoms with Gasteiger partial charge in [0.05, 0.1) is 11.0 Å². The first-order valence-corrected chi connectivity index (χ1v) is 4.72. The second kappa shape index (κ2) is 3.04. The van der Waals surface area contributed by atoms with E-state index in [1.807, 2.05) is 25.1 Å². The molecule has 2 aromatic rings. The molecule has 0 aliphatic carbocycles. The fourth-order valence-electron chi connectivity index (χ4n) is 1.62. The van der Waals surface area contributed by atoms with Crippen LogP contribution in [0.5, 0.6) is 0 Å². The molecule has 0 saturated carbocycles. The molecular weight excluding hydrogens is 184 g/mol. The summed E-state index contributed by atoms with van der Waals surface area (Å²) in [5, 5.41) is 0.744. The molecule has 2 rings (SSSR count). The fraction of sp³-hybridized carbons (Fsp3) is 0.300. The molecule has 0 radical (unpaired) electrons. The topological polar surface area (TPSA) is 17.8 Å². The second-order valence-electron chi connectivity index (χ2n) is 3.04. The highest BCUT2D eigenvalue weighted by Crippen LogP contribution is 2.19. The van der Waals surface area contributed by atoms with E-state index in [0.717, 1.165) is 28.4 Å². The maximum atomic E-state index is 5.87. The predicted molar refractivity (Wildman–Crippen MR) is 55.2 cm³/mol. The van der Waals surface area contributed by atoms with E-state index >= 15 is 0 Å². The average Bonchev–Trinajstić information content (AvgIpc) is 2.39. The van der Waals surface area contributed by atoms with Gasteiger partial charge in [0.2, 0.25) is 0 Å². The van der Waals surface area contributed by atoms with Gasteiger partial charge in [-0.25, -0.2) is 4.98 Å². The fourth-order valence-corrected chi connectivity index (χ4v) is 1.79. The van der Waals surface area contributed by atoms with Gasteiger partial charge in [-0.1, -0.05) is 11.6 Å². The Morgan fingerprint density at radius 2 is 2.23 bits per heavy atom. The Hall–Kier alpha value is -1.02. The van der Waals surface area contributed by atoms with Crippen LogP contribution in [0.4, 0.5) is 0 Å². The number of nitrogens with zero attached hydrogens (tertiary/aromatic N) is 2. The summed E-state index contributed by atoms with van der Waals surface area (Å²) < 4.78 is 2.17. The Morgan fingerprint density at radius 3 is 2.92 bits per heavy atom. The Bertz CT molecular complexity index is 445. The van der Waals surface area contributed by atoms with Gasteiger partial charge in [-0.05, 0) is 32.0 Å². The van der Waals surface area contributed by atoms with Crippen LogP contribution in [0.2, 0.25) is 5.02 Å². The van der Waals surface area contributed by atoms with Gasteiger partial charge in [-0.15, -0.1) is 0 Å². The van der Waals surface area contributed by atoms with Gasteiger partial charge in [0.1, 0.15) is 5.82 Å². The molecule has 13 heavy (non-hydrogen) atoms. The van der Waals surface area contributed by atoms with Gasteiger partial charge in [-0.3, -0.25) is 0 Å². The van der Waals surface area contributed by atoms with Crippen molar-refractivity contribution >= 4 is 22.6 Å². The SMILES string of the molecule is CCn1c(C)nc2cc(Cl)ccc21. The van der Waals surface area contributed by atoms with Crippen LogP contribution in [0.3, 0.4) is 0 Å². The molecule has 1 aromatic heterocycles. The van der Waals surface area contributed by atoms with Crippen LogP contribution in [-0.4, -0.2) is 9.55 Å². The van der Waals surface area contributed by atoms with Crippen molar-refractivity contribution in [2.45, 2.75) is 20.4 Å². The highest BCUT2D eigenvalue weighted by molar-refractivity contribution is 6.31. The van der Waals surface area contributed by atoms with E-state index in [1.165, 1.54) is 0 Å². The molecule has 1 aromatic carbocycles. The number of benzene rings is 1. The average molecular weight is 195 g/mol. The summed E-state index contributed by atoms with van der Waals surface area (Å²) in [7, 11) is 0. The number of aromatic nitrogens is 2. The summed E-state index contributed by atoms with van der Waals surface area (Å²) in [5.74, 6) is 1.04. The van der Waals surface area contributed by atoms with Crippen molar-refractivity contribution in [1.29, 1.82) is 0 Å². The Labute approximate surface area is 82.1 Å². The summed E-state index contributed by atoms with van der Waals surface area (Å²) in [4.78, 5) is 4.42. The van der Waals surface area contributed by atoms with Gasteiger partial charge >= 0.3 is 0 Å². The molecule has 0 fully saturated rings. The summed E-state index contributed by atoms with van der Waals surface area (Å²) in [6.45, 7) is 5.07. The third-order valence-electron chi connectivity index (χ3n) is 2.22. The zero-order chi connectivity index (χ0) is 9.42. The molecule has 3 heteroatoms. The smallest absolute Gasteiger partial charge is 0.106 e. The number of imidazole rings is 1. The minimum absolute atomic E-state index is 0.744. The number of halogens is 1. The third kappa shape index (κ3) is 1.31. The molecule has 0 spiro atoms. The van der Waals surface area contributed by atoms with Crippen molar-refractivity contribution in [3.63, 3.8) is 0 Å². The lowest BCUT2D eigenvalue weighted by Crippen LogP contribution is -1.95. The van der Waals surface area contributed by atoms with Crippen LogP contribution in [0.1, 0.15) is 12.7 Å². The lowest BCUT2D eigenvalue weighted by Gasteiger charge is -2.00. The maximum absolute atomic E-state index is 5.87. The largest absolute Gasteiger partial charge is 0.329 e. The van der Waals surface area contributed by atoms with Crippen molar-refractivity contribution in [3.05, 3.63) is 29.0 Å².